The molecule has 0 bridgehead atoms. The van der Waals surface area contributed by atoms with Crippen molar-refractivity contribution in [2.45, 2.75) is 6.29 Å². The van der Waals surface area contributed by atoms with Crippen LogP contribution >= 0.6 is 0 Å². The third-order valence-corrected chi connectivity index (χ3v) is 11.5. The Balaban J connectivity index is 1.04. The third-order valence-electron chi connectivity index (χ3n) is 11.5. The normalized spacial score (nSPS) is 14.2. The first-order valence-electron chi connectivity index (χ1n) is 19.5. The zero-order valence-electron chi connectivity index (χ0n) is 31.5. The number of rotatable bonds is 6. The Labute approximate surface area is 331 Å². The highest BCUT2D eigenvalue weighted by atomic mass is 15.4. The van der Waals surface area contributed by atoms with Gasteiger partial charge in [-0.05, 0) is 106 Å². The average molecular weight is 731 g/mol. The fourth-order valence-corrected chi connectivity index (χ4v) is 8.74. The summed E-state index contributed by atoms with van der Waals surface area (Å²) < 4.78 is 4.77. The van der Waals surface area contributed by atoms with Gasteiger partial charge >= 0.3 is 0 Å². The molecular weight excluding hydrogens is 693 g/mol. The number of hydrogen-bond acceptors (Lipinski definition) is 2. The van der Waals surface area contributed by atoms with Crippen LogP contribution in [0.25, 0.3) is 82.7 Å². The minimum absolute atomic E-state index is 0.278. The zero-order valence-corrected chi connectivity index (χ0v) is 31.5. The van der Waals surface area contributed by atoms with E-state index in [1.165, 1.54) is 71.6 Å². The Bertz CT molecular complexity index is 3130. The van der Waals surface area contributed by atoms with E-state index in [2.05, 4.69) is 227 Å². The van der Waals surface area contributed by atoms with E-state index < -0.39 is 0 Å². The molecule has 0 fully saturated rings. The Morgan fingerprint density at radius 1 is 0.386 bits per heavy atom. The smallest absolute Gasteiger partial charge is 0.203 e. The summed E-state index contributed by atoms with van der Waals surface area (Å²) in [5.41, 5.74) is 15.0. The lowest BCUT2D eigenvalue weighted by molar-refractivity contribution is 0.266. The van der Waals surface area contributed by atoms with Gasteiger partial charge in [-0.25, -0.2) is 4.99 Å². The van der Waals surface area contributed by atoms with Crippen molar-refractivity contribution in [2.24, 2.45) is 4.99 Å². The Morgan fingerprint density at radius 2 is 0.860 bits per heavy atom. The molecule has 2 aromatic heterocycles. The molecule has 1 unspecified atom stereocenters. The maximum Gasteiger partial charge on any atom is 0.203 e. The Kier molecular flexibility index (Phi) is 7.75. The van der Waals surface area contributed by atoms with E-state index in [4.69, 9.17) is 4.99 Å². The van der Waals surface area contributed by atoms with Crippen LogP contribution in [0.15, 0.2) is 211 Å². The van der Waals surface area contributed by atoms with Gasteiger partial charge in [0.15, 0.2) is 0 Å². The van der Waals surface area contributed by atoms with E-state index in [9.17, 15) is 0 Å². The second-order valence-corrected chi connectivity index (χ2v) is 14.9. The summed E-state index contributed by atoms with van der Waals surface area (Å²) in [6.45, 7) is 0. The average Bonchev–Trinajstić information content (AvgIpc) is 3.79. The number of aliphatic imine (C=N–C) groups is 1. The maximum absolute atomic E-state index is 5.53. The van der Waals surface area contributed by atoms with Crippen LogP contribution in [0.1, 0.15) is 11.9 Å². The molecule has 0 N–H and O–H groups in total. The minimum Gasteiger partial charge on any atom is -0.342 e. The predicted molar refractivity (Wildman–Crippen MR) is 239 cm³/mol. The number of allylic oxidation sites excluding steroid dienone is 1. The van der Waals surface area contributed by atoms with Gasteiger partial charge in [-0.15, -0.1) is 0 Å². The van der Waals surface area contributed by atoms with Gasteiger partial charge in [0.1, 0.15) is 0 Å². The molecule has 1 aliphatic rings. The van der Waals surface area contributed by atoms with Crippen LogP contribution in [-0.2, 0) is 0 Å². The molecule has 4 nitrogen and oxygen atoms in total. The summed E-state index contributed by atoms with van der Waals surface area (Å²) >= 11 is 0. The van der Waals surface area contributed by atoms with Gasteiger partial charge in [0.05, 0.1) is 27.8 Å². The molecule has 3 heterocycles. The summed E-state index contributed by atoms with van der Waals surface area (Å²) in [5.74, 6) is 0. The third kappa shape index (κ3) is 5.57. The summed E-state index contributed by atoms with van der Waals surface area (Å²) in [6.07, 6.45) is 4.03. The lowest BCUT2D eigenvalue weighted by Gasteiger charge is -2.30. The SMILES string of the molecule is CN1C=CC(c2cc(-c3ccccc3)cc(-c3ccccc3)c2)=NC1n1c2ccccc2c2cc(-c3ccc4c(c3)c3ccccc3n4-c3ccccc3)ccc21. The summed E-state index contributed by atoms with van der Waals surface area (Å²) in [7, 11) is 2.12. The number of fused-ring (bicyclic) bond motifs is 6. The molecule has 0 saturated heterocycles. The van der Waals surface area contributed by atoms with E-state index in [-0.39, 0.29) is 6.29 Å². The number of hydrogen-bond donors (Lipinski definition) is 0. The fourth-order valence-electron chi connectivity index (χ4n) is 8.74. The highest BCUT2D eigenvalue weighted by Gasteiger charge is 2.24. The molecule has 1 aliphatic heterocycles. The molecule has 0 amide bonds. The summed E-state index contributed by atoms with van der Waals surface area (Å²) in [6, 6.07) is 70.0. The molecule has 57 heavy (non-hydrogen) atoms. The van der Waals surface area contributed by atoms with Crippen molar-refractivity contribution >= 4 is 49.3 Å². The van der Waals surface area contributed by atoms with Gasteiger partial charge in [-0.2, -0.15) is 0 Å². The Morgan fingerprint density at radius 3 is 1.51 bits per heavy atom. The zero-order chi connectivity index (χ0) is 37.9. The van der Waals surface area contributed by atoms with Crippen molar-refractivity contribution in [3.05, 3.63) is 212 Å². The molecule has 8 aromatic carbocycles. The molecule has 0 radical (unpaired) electrons. The minimum atomic E-state index is -0.278. The standard InChI is InChI=1S/C53H38N4/c1-55-30-29-48(42-32-40(36-15-5-2-6-16-36)31-41(33-42)37-17-7-3-8-18-37)54-53(55)57-50-24-14-12-22-45(50)47-35-39(26-28-52(47)57)38-25-27-51-46(34-38)44-21-11-13-23-49(44)56(51)43-19-9-4-10-20-43/h2-35,53H,1H3. The number of para-hydroxylation sites is 3. The van der Waals surface area contributed by atoms with Crippen LogP contribution < -0.4 is 0 Å². The van der Waals surface area contributed by atoms with E-state index >= 15 is 0 Å². The van der Waals surface area contributed by atoms with Gasteiger partial charge < -0.3 is 14.0 Å². The van der Waals surface area contributed by atoms with Crippen LogP contribution in [-0.4, -0.2) is 26.8 Å². The highest BCUT2D eigenvalue weighted by Crippen LogP contribution is 2.40. The Hall–Kier alpha value is -7.43. The van der Waals surface area contributed by atoms with E-state index in [1.807, 2.05) is 0 Å². The first kappa shape index (κ1) is 33.0. The van der Waals surface area contributed by atoms with Crippen LogP contribution in [0.2, 0.25) is 0 Å². The number of aromatic nitrogens is 2. The van der Waals surface area contributed by atoms with E-state index in [1.54, 1.807) is 0 Å². The molecule has 4 heteroatoms. The van der Waals surface area contributed by atoms with Gasteiger partial charge in [-0.1, -0.05) is 127 Å². The molecule has 270 valence electrons. The van der Waals surface area contributed by atoms with Crippen molar-refractivity contribution in [2.75, 3.05) is 7.05 Å². The van der Waals surface area contributed by atoms with Crippen molar-refractivity contribution in [1.82, 2.24) is 14.0 Å². The summed E-state index contributed by atoms with van der Waals surface area (Å²) in [4.78, 5) is 7.74. The topological polar surface area (TPSA) is 25.5 Å². The van der Waals surface area contributed by atoms with Gasteiger partial charge in [0, 0.05) is 46.0 Å². The molecule has 0 spiro atoms. The lowest BCUT2D eigenvalue weighted by Crippen LogP contribution is -2.27. The molecular formula is C53H38N4. The van der Waals surface area contributed by atoms with Crippen LogP contribution in [0.4, 0.5) is 0 Å². The van der Waals surface area contributed by atoms with E-state index in [0.29, 0.717) is 0 Å². The van der Waals surface area contributed by atoms with Crippen molar-refractivity contribution in [3.8, 4) is 39.1 Å². The van der Waals surface area contributed by atoms with Crippen molar-refractivity contribution in [3.63, 3.8) is 0 Å². The molecule has 11 rings (SSSR count). The van der Waals surface area contributed by atoms with Crippen LogP contribution in [0, 0.1) is 0 Å². The van der Waals surface area contributed by atoms with Crippen molar-refractivity contribution in [1.29, 1.82) is 0 Å². The second kappa shape index (κ2) is 13.4. The van der Waals surface area contributed by atoms with Gasteiger partial charge in [-0.3, -0.25) is 0 Å². The predicted octanol–water partition coefficient (Wildman–Crippen LogP) is 13.3. The summed E-state index contributed by atoms with van der Waals surface area (Å²) in [5, 5.41) is 4.93. The first-order valence-corrected chi connectivity index (χ1v) is 19.5. The van der Waals surface area contributed by atoms with Crippen molar-refractivity contribution < 1.29 is 0 Å². The fraction of sp³-hybridized carbons (Fsp3) is 0.0377. The highest BCUT2D eigenvalue weighted by molar-refractivity contribution is 6.13. The maximum atomic E-state index is 5.53. The molecule has 0 aliphatic carbocycles. The van der Waals surface area contributed by atoms with Gasteiger partial charge in [0.2, 0.25) is 6.29 Å². The molecule has 10 aromatic rings. The second-order valence-electron chi connectivity index (χ2n) is 14.9. The van der Waals surface area contributed by atoms with Gasteiger partial charge in [0.25, 0.3) is 0 Å². The lowest BCUT2D eigenvalue weighted by atomic mass is 9.94. The van der Waals surface area contributed by atoms with Crippen LogP contribution in [0.3, 0.4) is 0 Å². The number of nitrogens with zero attached hydrogens (tertiary/aromatic N) is 4. The largest absolute Gasteiger partial charge is 0.342 e. The first-order chi connectivity index (χ1) is 28.2. The quantitative estimate of drug-likeness (QED) is 0.167. The number of benzene rings is 8. The molecule has 0 saturated carbocycles. The van der Waals surface area contributed by atoms with E-state index in [0.717, 1.165) is 22.3 Å². The monoisotopic (exact) mass is 730 g/mol. The van der Waals surface area contributed by atoms with Crippen LogP contribution in [0.5, 0.6) is 0 Å². The molecule has 1 atom stereocenters.